The molecule has 4 heteroatoms. The first-order valence-corrected chi connectivity index (χ1v) is 6.58. The fourth-order valence-electron chi connectivity index (χ4n) is 2.08. The highest BCUT2D eigenvalue weighted by Gasteiger charge is 2.35. The number of hydrogen-bond donors (Lipinski definition) is 1. The number of rotatable bonds is 5. The van der Waals surface area contributed by atoms with Crippen LogP contribution < -0.4 is 5.73 Å². The first kappa shape index (κ1) is 14.5. The molecule has 0 spiro atoms. The summed E-state index contributed by atoms with van der Waals surface area (Å²) in [6, 6.07) is 0.188. The van der Waals surface area contributed by atoms with E-state index in [0.29, 0.717) is 6.61 Å². The molecule has 17 heavy (non-hydrogen) atoms. The number of hydrogen-bond acceptors (Lipinski definition) is 3. The maximum absolute atomic E-state index is 11.9. The highest BCUT2D eigenvalue weighted by Crippen LogP contribution is 2.27. The van der Waals surface area contributed by atoms with E-state index in [1.165, 1.54) is 0 Å². The number of unbranched alkanes of at least 4 members (excludes halogenated alkanes) is 1. The normalized spacial score (nSPS) is 23.8. The van der Waals surface area contributed by atoms with Crippen LogP contribution in [-0.2, 0) is 9.53 Å². The molecule has 1 rings (SSSR count). The van der Waals surface area contributed by atoms with Gasteiger partial charge >= 0.3 is 0 Å². The summed E-state index contributed by atoms with van der Waals surface area (Å²) in [7, 11) is 0. The van der Waals surface area contributed by atoms with Crippen molar-refractivity contribution in [3.05, 3.63) is 0 Å². The van der Waals surface area contributed by atoms with Crippen molar-refractivity contribution in [1.29, 1.82) is 0 Å². The third kappa shape index (κ3) is 4.28. The van der Waals surface area contributed by atoms with Crippen molar-refractivity contribution in [3.63, 3.8) is 0 Å². The molecule has 1 aliphatic rings. The molecule has 0 bridgehead atoms. The molecular formula is C13H26N2O2. The summed E-state index contributed by atoms with van der Waals surface area (Å²) in [5, 5.41) is 0. The van der Waals surface area contributed by atoms with Crippen LogP contribution in [0.25, 0.3) is 0 Å². The van der Waals surface area contributed by atoms with Gasteiger partial charge in [0.2, 0.25) is 5.91 Å². The fourth-order valence-corrected chi connectivity index (χ4v) is 2.08. The van der Waals surface area contributed by atoms with Crippen molar-refractivity contribution < 1.29 is 9.53 Å². The summed E-state index contributed by atoms with van der Waals surface area (Å²) in [5.41, 5.74) is 6.06. The molecule has 1 fully saturated rings. The van der Waals surface area contributed by atoms with Crippen LogP contribution in [0.15, 0.2) is 0 Å². The number of carbonyl (C=O) groups is 1. The molecule has 1 saturated heterocycles. The second kappa shape index (κ2) is 6.36. The van der Waals surface area contributed by atoms with Crippen LogP contribution in [0, 0.1) is 5.41 Å². The van der Waals surface area contributed by atoms with Crippen molar-refractivity contribution in [1.82, 2.24) is 4.90 Å². The summed E-state index contributed by atoms with van der Waals surface area (Å²) in [4.78, 5) is 13.8. The Hall–Kier alpha value is -0.610. The second-order valence-corrected chi connectivity index (χ2v) is 5.61. The van der Waals surface area contributed by atoms with Crippen molar-refractivity contribution >= 4 is 5.91 Å². The molecular weight excluding hydrogens is 216 g/mol. The Morgan fingerprint density at radius 3 is 2.82 bits per heavy atom. The average molecular weight is 242 g/mol. The molecule has 1 aliphatic heterocycles. The molecule has 1 amide bonds. The molecule has 0 aromatic heterocycles. The minimum absolute atomic E-state index is 0.0112. The van der Waals surface area contributed by atoms with Crippen LogP contribution in [0.1, 0.15) is 40.0 Å². The maximum Gasteiger partial charge on any atom is 0.248 e. The lowest BCUT2D eigenvalue weighted by Gasteiger charge is -2.42. The van der Waals surface area contributed by atoms with Gasteiger partial charge in [0.05, 0.1) is 0 Å². The van der Waals surface area contributed by atoms with Gasteiger partial charge in [0, 0.05) is 25.7 Å². The van der Waals surface area contributed by atoms with Gasteiger partial charge in [0.25, 0.3) is 0 Å². The number of nitrogens with zero attached hydrogens (tertiary/aromatic N) is 1. The van der Waals surface area contributed by atoms with Gasteiger partial charge in [-0.25, -0.2) is 0 Å². The number of likely N-dealkylation sites (tertiary alicyclic amines) is 1. The average Bonchev–Trinajstić information content (AvgIpc) is 2.28. The Labute approximate surface area is 104 Å². The van der Waals surface area contributed by atoms with Crippen molar-refractivity contribution in [3.8, 4) is 0 Å². The zero-order valence-electron chi connectivity index (χ0n) is 11.4. The molecule has 0 aromatic rings. The van der Waals surface area contributed by atoms with E-state index in [1.807, 2.05) is 4.90 Å². The quantitative estimate of drug-likeness (QED) is 0.741. The number of nitrogens with two attached hydrogens (primary N) is 1. The summed E-state index contributed by atoms with van der Waals surface area (Å²) < 4.78 is 5.36. The van der Waals surface area contributed by atoms with E-state index in [4.69, 9.17) is 10.5 Å². The van der Waals surface area contributed by atoms with E-state index < -0.39 is 0 Å². The molecule has 0 aromatic carbocycles. The predicted molar refractivity (Wildman–Crippen MR) is 68.7 cm³/mol. The molecule has 0 aliphatic carbocycles. The Morgan fingerprint density at radius 1 is 1.53 bits per heavy atom. The predicted octanol–water partition coefficient (Wildman–Crippen LogP) is 1.39. The molecule has 1 unspecified atom stereocenters. The first-order valence-electron chi connectivity index (χ1n) is 6.58. The van der Waals surface area contributed by atoms with Gasteiger partial charge in [-0.05, 0) is 18.3 Å². The third-order valence-electron chi connectivity index (χ3n) is 3.53. The smallest absolute Gasteiger partial charge is 0.248 e. The Kier molecular flexibility index (Phi) is 5.40. The SMILES string of the molecule is CCCCOCC(=O)N1CCC(N)C(C)(C)C1. The highest BCUT2D eigenvalue weighted by molar-refractivity contribution is 5.77. The molecule has 4 nitrogen and oxygen atoms in total. The second-order valence-electron chi connectivity index (χ2n) is 5.61. The van der Waals surface area contributed by atoms with Crippen LogP contribution in [0.5, 0.6) is 0 Å². The fraction of sp³-hybridized carbons (Fsp3) is 0.923. The van der Waals surface area contributed by atoms with E-state index in [0.717, 1.165) is 32.4 Å². The number of carbonyl (C=O) groups excluding carboxylic acids is 1. The third-order valence-corrected chi connectivity index (χ3v) is 3.53. The summed E-state index contributed by atoms with van der Waals surface area (Å²) >= 11 is 0. The monoisotopic (exact) mass is 242 g/mol. The van der Waals surface area contributed by atoms with Gasteiger partial charge in [-0.2, -0.15) is 0 Å². The van der Waals surface area contributed by atoms with Crippen LogP contribution in [-0.4, -0.2) is 43.2 Å². The van der Waals surface area contributed by atoms with E-state index in [1.54, 1.807) is 0 Å². The lowest BCUT2D eigenvalue weighted by atomic mass is 9.80. The molecule has 0 saturated carbocycles. The molecule has 1 atom stereocenters. The van der Waals surface area contributed by atoms with E-state index in [-0.39, 0.29) is 24.0 Å². The summed E-state index contributed by atoms with van der Waals surface area (Å²) in [5.74, 6) is 0.0982. The highest BCUT2D eigenvalue weighted by atomic mass is 16.5. The molecule has 2 N–H and O–H groups in total. The zero-order chi connectivity index (χ0) is 12.9. The van der Waals surface area contributed by atoms with Gasteiger partial charge < -0.3 is 15.4 Å². The van der Waals surface area contributed by atoms with Crippen LogP contribution in [0.3, 0.4) is 0 Å². The number of amides is 1. The van der Waals surface area contributed by atoms with Gasteiger partial charge in [-0.3, -0.25) is 4.79 Å². The van der Waals surface area contributed by atoms with Gasteiger partial charge in [-0.15, -0.1) is 0 Å². The topological polar surface area (TPSA) is 55.6 Å². The van der Waals surface area contributed by atoms with Gasteiger partial charge in [0.1, 0.15) is 6.61 Å². The van der Waals surface area contributed by atoms with Crippen molar-refractivity contribution in [2.45, 2.75) is 46.1 Å². The lowest BCUT2D eigenvalue weighted by Crippen LogP contribution is -2.54. The van der Waals surface area contributed by atoms with Crippen LogP contribution in [0.4, 0.5) is 0 Å². The first-order chi connectivity index (χ1) is 7.97. The summed E-state index contributed by atoms with van der Waals surface area (Å²) in [6.45, 7) is 8.75. The van der Waals surface area contributed by atoms with E-state index in [2.05, 4.69) is 20.8 Å². The number of piperidine rings is 1. The molecule has 0 radical (unpaired) electrons. The minimum Gasteiger partial charge on any atom is -0.372 e. The van der Waals surface area contributed by atoms with E-state index >= 15 is 0 Å². The van der Waals surface area contributed by atoms with E-state index in [9.17, 15) is 4.79 Å². The Bertz CT molecular complexity index is 254. The molecule has 1 heterocycles. The standard InChI is InChI=1S/C13H26N2O2/c1-4-5-8-17-9-12(16)15-7-6-11(14)13(2,3)10-15/h11H,4-10,14H2,1-3H3. The zero-order valence-corrected chi connectivity index (χ0v) is 11.4. The van der Waals surface area contributed by atoms with Crippen molar-refractivity contribution in [2.24, 2.45) is 11.1 Å². The lowest BCUT2D eigenvalue weighted by molar-refractivity contribution is -0.139. The maximum atomic E-state index is 11.9. The van der Waals surface area contributed by atoms with Crippen LogP contribution >= 0.6 is 0 Å². The summed E-state index contributed by atoms with van der Waals surface area (Å²) in [6.07, 6.45) is 3.00. The largest absolute Gasteiger partial charge is 0.372 e. The Balaban J connectivity index is 2.33. The Morgan fingerprint density at radius 2 is 2.24 bits per heavy atom. The van der Waals surface area contributed by atoms with Crippen molar-refractivity contribution in [2.75, 3.05) is 26.3 Å². The minimum atomic E-state index is 0.0112. The van der Waals surface area contributed by atoms with Gasteiger partial charge in [0.15, 0.2) is 0 Å². The number of ether oxygens (including phenoxy) is 1. The van der Waals surface area contributed by atoms with Gasteiger partial charge in [-0.1, -0.05) is 27.2 Å². The van der Waals surface area contributed by atoms with Crippen LogP contribution in [0.2, 0.25) is 0 Å². The molecule has 100 valence electrons.